The van der Waals surface area contributed by atoms with Crippen molar-refractivity contribution in [3.63, 3.8) is 0 Å². The third-order valence-corrected chi connectivity index (χ3v) is 4.26. The molecule has 0 atom stereocenters. The van der Waals surface area contributed by atoms with Crippen LogP contribution in [0.15, 0.2) is 40.3 Å². The van der Waals surface area contributed by atoms with Gasteiger partial charge in [0.25, 0.3) is 0 Å². The maximum Gasteiger partial charge on any atom is 0.223 e. The number of aromatic nitrogens is 2. The van der Waals surface area contributed by atoms with Crippen molar-refractivity contribution < 1.29 is 4.74 Å². The van der Waals surface area contributed by atoms with Crippen molar-refractivity contribution in [3.8, 4) is 0 Å². The molecule has 0 saturated carbocycles. The molecule has 0 bridgehead atoms. The smallest absolute Gasteiger partial charge is 0.223 e. The topological polar surface area (TPSA) is 64.3 Å². The summed E-state index contributed by atoms with van der Waals surface area (Å²) in [5.41, 5.74) is 5.83. The summed E-state index contributed by atoms with van der Waals surface area (Å²) in [4.78, 5) is 11.8. The second-order valence-corrected chi connectivity index (χ2v) is 6.11. The van der Waals surface area contributed by atoms with Gasteiger partial charge in [-0.2, -0.15) is 4.98 Å². The minimum atomic E-state index is 0.287. The summed E-state index contributed by atoms with van der Waals surface area (Å²) in [5, 5.41) is 1.54. The number of hydrogen-bond acceptors (Lipinski definition) is 6. The number of hydrogen-bond donors (Lipinski definition) is 1. The molecule has 1 aromatic carbocycles. The lowest BCUT2D eigenvalue weighted by Crippen LogP contribution is -2.36. The quantitative estimate of drug-likeness (QED) is 0.877. The number of rotatable bonds is 3. The second kappa shape index (κ2) is 6.51. The van der Waals surface area contributed by atoms with Gasteiger partial charge in [0.2, 0.25) is 5.95 Å². The highest BCUT2D eigenvalue weighted by Gasteiger charge is 2.14. The zero-order valence-corrected chi connectivity index (χ0v) is 12.9. The minimum Gasteiger partial charge on any atom is -0.378 e. The average Bonchev–Trinajstić information content (AvgIpc) is 2.50. The van der Waals surface area contributed by atoms with E-state index >= 15 is 0 Å². The van der Waals surface area contributed by atoms with Crippen molar-refractivity contribution in [2.45, 2.75) is 9.92 Å². The lowest BCUT2D eigenvalue weighted by atomic mass is 10.4. The highest BCUT2D eigenvalue weighted by molar-refractivity contribution is 7.99. The SMILES string of the molecule is Nc1nc(Sc2ccc(Cl)cc2)cc(N2CCOCC2)n1. The van der Waals surface area contributed by atoms with E-state index in [1.54, 1.807) is 11.8 Å². The largest absolute Gasteiger partial charge is 0.378 e. The maximum atomic E-state index is 5.89. The number of nitrogens with zero attached hydrogens (tertiary/aromatic N) is 3. The molecule has 1 aliphatic heterocycles. The first-order valence-electron chi connectivity index (χ1n) is 6.61. The zero-order chi connectivity index (χ0) is 14.7. The van der Waals surface area contributed by atoms with Crippen molar-refractivity contribution in [1.29, 1.82) is 0 Å². The number of anilines is 2. The standard InChI is InChI=1S/C14H15ClN4OS/c15-10-1-3-11(4-2-10)21-13-9-12(17-14(16)18-13)19-5-7-20-8-6-19/h1-4,9H,5-8H2,(H2,16,17,18). The van der Waals surface area contributed by atoms with Gasteiger partial charge in [-0.1, -0.05) is 23.4 Å². The summed E-state index contributed by atoms with van der Waals surface area (Å²) in [7, 11) is 0. The Morgan fingerprint density at radius 1 is 1.14 bits per heavy atom. The Balaban J connectivity index is 1.81. The fourth-order valence-corrected chi connectivity index (χ4v) is 3.00. The molecule has 7 heteroatoms. The van der Waals surface area contributed by atoms with Gasteiger partial charge in [-0.25, -0.2) is 4.98 Å². The Bertz CT molecular complexity index is 617. The zero-order valence-electron chi connectivity index (χ0n) is 11.3. The van der Waals surface area contributed by atoms with Crippen LogP contribution in [0, 0.1) is 0 Å². The van der Waals surface area contributed by atoms with Crippen LogP contribution in [0.1, 0.15) is 0 Å². The van der Waals surface area contributed by atoms with Crippen molar-refractivity contribution >= 4 is 35.1 Å². The minimum absolute atomic E-state index is 0.287. The third kappa shape index (κ3) is 3.78. The molecular weight excluding hydrogens is 308 g/mol. The number of halogens is 1. The van der Waals surface area contributed by atoms with Crippen molar-refractivity contribution in [2.75, 3.05) is 36.9 Å². The Hall–Kier alpha value is -1.50. The average molecular weight is 323 g/mol. The highest BCUT2D eigenvalue weighted by atomic mass is 35.5. The second-order valence-electron chi connectivity index (χ2n) is 4.58. The summed E-state index contributed by atoms with van der Waals surface area (Å²) in [6.45, 7) is 3.07. The molecule has 5 nitrogen and oxygen atoms in total. The van der Waals surface area contributed by atoms with Crippen LogP contribution in [0.2, 0.25) is 5.02 Å². The van der Waals surface area contributed by atoms with E-state index in [0.29, 0.717) is 13.2 Å². The van der Waals surface area contributed by atoms with Crippen LogP contribution in [0.25, 0.3) is 0 Å². The van der Waals surface area contributed by atoms with Gasteiger partial charge >= 0.3 is 0 Å². The molecule has 1 aliphatic rings. The molecule has 0 aliphatic carbocycles. The van der Waals surface area contributed by atoms with E-state index in [9.17, 15) is 0 Å². The summed E-state index contributed by atoms with van der Waals surface area (Å²) < 4.78 is 5.35. The first kappa shape index (κ1) is 14.4. The van der Waals surface area contributed by atoms with E-state index in [0.717, 1.165) is 33.9 Å². The van der Waals surface area contributed by atoms with Crippen LogP contribution in [-0.2, 0) is 4.74 Å². The molecule has 1 saturated heterocycles. The number of ether oxygens (including phenoxy) is 1. The Labute approximate surface area is 132 Å². The lowest BCUT2D eigenvalue weighted by Gasteiger charge is -2.28. The van der Waals surface area contributed by atoms with Crippen LogP contribution >= 0.6 is 23.4 Å². The molecule has 0 amide bonds. The molecule has 0 radical (unpaired) electrons. The molecule has 0 unspecified atom stereocenters. The summed E-state index contributed by atoms with van der Waals surface area (Å²) in [6, 6.07) is 9.59. The van der Waals surface area contributed by atoms with E-state index in [-0.39, 0.29) is 5.95 Å². The van der Waals surface area contributed by atoms with E-state index < -0.39 is 0 Å². The molecular formula is C14H15ClN4OS. The van der Waals surface area contributed by atoms with Crippen LogP contribution < -0.4 is 10.6 Å². The van der Waals surface area contributed by atoms with Gasteiger partial charge in [0, 0.05) is 29.1 Å². The molecule has 1 fully saturated rings. The van der Waals surface area contributed by atoms with Crippen LogP contribution in [0.3, 0.4) is 0 Å². The molecule has 3 rings (SSSR count). The van der Waals surface area contributed by atoms with Crippen molar-refractivity contribution in [1.82, 2.24) is 9.97 Å². The van der Waals surface area contributed by atoms with Gasteiger partial charge in [0.05, 0.1) is 13.2 Å². The fourth-order valence-electron chi connectivity index (χ4n) is 2.06. The van der Waals surface area contributed by atoms with Gasteiger partial charge in [-0.15, -0.1) is 0 Å². The predicted molar refractivity (Wildman–Crippen MR) is 85.1 cm³/mol. The van der Waals surface area contributed by atoms with E-state index in [4.69, 9.17) is 22.1 Å². The highest BCUT2D eigenvalue weighted by Crippen LogP contribution is 2.29. The lowest BCUT2D eigenvalue weighted by molar-refractivity contribution is 0.122. The van der Waals surface area contributed by atoms with Gasteiger partial charge < -0.3 is 15.4 Å². The number of benzene rings is 1. The first-order chi connectivity index (χ1) is 10.2. The van der Waals surface area contributed by atoms with Crippen molar-refractivity contribution in [3.05, 3.63) is 35.4 Å². The van der Waals surface area contributed by atoms with E-state index in [1.165, 1.54) is 0 Å². The van der Waals surface area contributed by atoms with Crippen LogP contribution in [-0.4, -0.2) is 36.3 Å². The van der Waals surface area contributed by atoms with Crippen LogP contribution in [0.4, 0.5) is 11.8 Å². The summed E-state index contributed by atoms with van der Waals surface area (Å²) in [6.07, 6.45) is 0. The van der Waals surface area contributed by atoms with Gasteiger partial charge in [-0.3, -0.25) is 0 Å². The Kier molecular flexibility index (Phi) is 4.48. The van der Waals surface area contributed by atoms with E-state index in [1.807, 2.05) is 30.3 Å². The first-order valence-corrected chi connectivity index (χ1v) is 7.81. The molecule has 2 aromatic rings. The van der Waals surface area contributed by atoms with Crippen molar-refractivity contribution in [2.24, 2.45) is 0 Å². The molecule has 110 valence electrons. The molecule has 1 aromatic heterocycles. The summed E-state index contributed by atoms with van der Waals surface area (Å²) in [5.74, 6) is 1.14. The molecule has 2 N–H and O–H groups in total. The Morgan fingerprint density at radius 2 is 1.86 bits per heavy atom. The third-order valence-electron chi connectivity index (χ3n) is 3.08. The number of nitrogens with two attached hydrogens (primary N) is 1. The maximum absolute atomic E-state index is 5.89. The monoisotopic (exact) mass is 322 g/mol. The summed E-state index contributed by atoms with van der Waals surface area (Å²) >= 11 is 7.43. The van der Waals surface area contributed by atoms with Gasteiger partial charge in [0.15, 0.2) is 0 Å². The van der Waals surface area contributed by atoms with Crippen LogP contribution in [0.5, 0.6) is 0 Å². The number of nitrogen functional groups attached to an aromatic ring is 1. The predicted octanol–water partition coefficient (Wildman–Crippen LogP) is 2.70. The molecule has 2 heterocycles. The van der Waals surface area contributed by atoms with E-state index in [2.05, 4.69) is 14.9 Å². The molecule has 0 spiro atoms. The molecule has 21 heavy (non-hydrogen) atoms. The van der Waals surface area contributed by atoms with Gasteiger partial charge in [0.1, 0.15) is 10.8 Å². The fraction of sp³-hybridized carbons (Fsp3) is 0.286. The normalized spacial score (nSPS) is 15.2. The van der Waals surface area contributed by atoms with Gasteiger partial charge in [-0.05, 0) is 24.3 Å². The Morgan fingerprint density at radius 3 is 2.57 bits per heavy atom. The number of morpholine rings is 1.